The standard InChI is InChI=1S/C16H21N3S.HI/c1-12-4-7-14(8-5-12)10-18-16(17-3)19-11-15-9-6-13(2)20-15;/h4-9H,10-11H2,1-3H3,(H2,17,18,19);1H. The van der Waals surface area contributed by atoms with E-state index in [9.17, 15) is 0 Å². The summed E-state index contributed by atoms with van der Waals surface area (Å²) in [5.41, 5.74) is 2.54. The van der Waals surface area contributed by atoms with Crippen LogP contribution in [0.1, 0.15) is 20.9 Å². The van der Waals surface area contributed by atoms with E-state index in [0.29, 0.717) is 0 Å². The van der Waals surface area contributed by atoms with Gasteiger partial charge < -0.3 is 10.6 Å². The van der Waals surface area contributed by atoms with E-state index in [2.05, 4.69) is 65.9 Å². The molecule has 0 aliphatic rings. The Bertz CT molecular complexity index is 575. The normalized spacial score (nSPS) is 10.9. The van der Waals surface area contributed by atoms with Gasteiger partial charge in [0, 0.05) is 23.3 Å². The third-order valence-corrected chi connectivity index (χ3v) is 4.03. The van der Waals surface area contributed by atoms with Gasteiger partial charge in [-0.05, 0) is 31.5 Å². The quantitative estimate of drug-likeness (QED) is 0.452. The van der Waals surface area contributed by atoms with Crippen molar-refractivity contribution < 1.29 is 0 Å². The summed E-state index contributed by atoms with van der Waals surface area (Å²) in [5.74, 6) is 0.830. The number of rotatable bonds is 4. The van der Waals surface area contributed by atoms with Crippen molar-refractivity contribution in [1.82, 2.24) is 10.6 Å². The summed E-state index contributed by atoms with van der Waals surface area (Å²) in [6.45, 7) is 5.81. The van der Waals surface area contributed by atoms with Crippen molar-refractivity contribution in [1.29, 1.82) is 0 Å². The fourth-order valence-corrected chi connectivity index (χ4v) is 2.69. The lowest BCUT2D eigenvalue weighted by atomic mass is 10.1. The molecule has 0 atom stereocenters. The van der Waals surface area contributed by atoms with Gasteiger partial charge in [0.25, 0.3) is 0 Å². The molecule has 0 aliphatic heterocycles. The first kappa shape index (κ1) is 18.0. The highest BCUT2D eigenvalue weighted by Crippen LogP contribution is 2.14. The lowest BCUT2D eigenvalue weighted by Crippen LogP contribution is -2.36. The van der Waals surface area contributed by atoms with E-state index in [1.165, 1.54) is 20.9 Å². The second kappa shape index (κ2) is 9.04. The van der Waals surface area contributed by atoms with E-state index in [4.69, 9.17) is 0 Å². The molecule has 21 heavy (non-hydrogen) atoms. The molecule has 0 saturated heterocycles. The van der Waals surface area contributed by atoms with E-state index in [-0.39, 0.29) is 24.0 Å². The summed E-state index contributed by atoms with van der Waals surface area (Å²) >= 11 is 1.81. The minimum Gasteiger partial charge on any atom is -0.352 e. The molecule has 114 valence electrons. The zero-order chi connectivity index (χ0) is 14.4. The number of aliphatic imine (C=N–C) groups is 1. The molecular formula is C16H22IN3S. The number of hydrogen-bond acceptors (Lipinski definition) is 2. The maximum atomic E-state index is 4.24. The van der Waals surface area contributed by atoms with Gasteiger partial charge in [0.05, 0.1) is 6.54 Å². The molecule has 2 rings (SSSR count). The lowest BCUT2D eigenvalue weighted by Gasteiger charge is -2.11. The number of aryl methyl sites for hydroxylation is 2. The number of hydrogen-bond donors (Lipinski definition) is 2. The topological polar surface area (TPSA) is 36.4 Å². The third kappa shape index (κ3) is 6.05. The van der Waals surface area contributed by atoms with Crippen molar-refractivity contribution in [2.75, 3.05) is 7.05 Å². The van der Waals surface area contributed by atoms with Crippen molar-refractivity contribution in [3.63, 3.8) is 0 Å². The molecule has 0 aliphatic carbocycles. The molecule has 0 amide bonds. The lowest BCUT2D eigenvalue weighted by molar-refractivity contribution is 0.815. The average Bonchev–Trinajstić information content (AvgIpc) is 2.87. The van der Waals surface area contributed by atoms with E-state index in [1.807, 2.05) is 11.3 Å². The predicted octanol–water partition coefficient (Wildman–Crippen LogP) is 3.85. The molecule has 5 heteroatoms. The Labute approximate surface area is 147 Å². The van der Waals surface area contributed by atoms with Crippen molar-refractivity contribution in [3.05, 3.63) is 57.3 Å². The average molecular weight is 415 g/mol. The van der Waals surface area contributed by atoms with Crippen molar-refractivity contribution >= 4 is 41.3 Å². The Morgan fingerprint density at radius 1 is 1.00 bits per heavy atom. The van der Waals surface area contributed by atoms with Crippen LogP contribution in [-0.4, -0.2) is 13.0 Å². The highest BCUT2D eigenvalue weighted by molar-refractivity contribution is 14.0. The molecule has 1 aromatic carbocycles. The van der Waals surface area contributed by atoms with Crippen LogP contribution in [0.3, 0.4) is 0 Å². The summed E-state index contributed by atoms with van der Waals surface area (Å²) in [6.07, 6.45) is 0. The van der Waals surface area contributed by atoms with Crippen LogP contribution in [0.5, 0.6) is 0 Å². The summed E-state index contributed by atoms with van der Waals surface area (Å²) in [5, 5.41) is 6.66. The first-order chi connectivity index (χ1) is 9.67. The van der Waals surface area contributed by atoms with Gasteiger partial charge in [-0.1, -0.05) is 29.8 Å². The molecule has 0 spiro atoms. The minimum atomic E-state index is 0. The van der Waals surface area contributed by atoms with Crippen LogP contribution < -0.4 is 10.6 Å². The monoisotopic (exact) mass is 415 g/mol. The zero-order valence-corrected chi connectivity index (χ0v) is 15.8. The van der Waals surface area contributed by atoms with Gasteiger partial charge >= 0.3 is 0 Å². The maximum absolute atomic E-state index is 4.24. The number of nitrogens with zero attached hydrogens (tertiary/aromatic N) is 1. The summed E-state index contributed by atoms with van der Waals surface area (Å²) < 4.78 is 0. The molecule has 0 bridgehead atoms. The number of nitrogens with one attached hydrogen (secondary N) is 2. The van der Waals surface area contributed by atoms with Crippen molar-refractivity contribution in [2.45, 2.75) is 26.9 Å². The molecule has 1 heterocycles. The third-order valence-electron chi connectivity index (χ3n) is 3.03. The van der Waals surface area contributed by atoms with Crippen LogP contribution in [-0.2, 0) is 13.1 Å². The highest BCUT2D eigenvalue weighted by atomic mass is 127. The Hall–Kier alpha value is -1.08. The summed E-state index contributed by atoms with van der Waals surface area (Å²) in [4.78, 5) is 6.90. The predicted molar refractivity (Wildman–Crippen MR) is 103 cm³/mol. The zero-order valence-electron chi connectivity index (χ0n) is 12.6. The van der Waals surface area contributed by atoms with E-state index in [1.54, 1.807) is 7.05 Å². The van der Waals surface area contributed by atoms with Gasteiger partial charge in [0.1, 0.15) is 0 Å². The molecule has 0 unspecified atom stereocenters. The molecule has 2 N–H and O–H groups in total. The van der Waals surface area contributed by atoms with Crippen LogP contribution in [0, 0.1) is 13.8 Å². The van der Waals surface area contributed by atoms with E-state index >= 15 is 0 Å². The summed E-state index contributed by atoms with van der Waals surface area (Å²) in [7, 11) is 1.80. The smallest absolute Gasteiger partial charge is 0.191 e. The molecular weight excluding hydrogens is 393 g/mol. The van der Waals surface area contributed by atoms with E-state index < -0.39 is 0 Å². The Kier molecular flexibility index (Phi) is 7.74. The fourth-order valence-electron chi connectivity index (χ4n) is 1.86. The maximum Gasteiger partial charge on any atom is 0.191 e. The largest absolute Gasteiger partial charge is 0.352 e. The number of benzene rings is 1. The summed E-state index contributed by atoms with van der Waals surface area (Å²) in [6, 6.07) is 12.8. The molecule has 3 nitrogen and oxygen atoms in total. The Balaban J connectivity index is 0.00000220. The van der Waals surface area contributed by atoms with Gasteiger partial charge in [-0.15, -0.1) is 35.3 Å². The molecule has 2 aromatic rings. The minimum absolute atomic E-state index is 0. The number of thiophene rings is 1. The van der Waals surface area contributed by atoms with Gasteiger partial charge in [-0.2, -0.15) is 0 Å². The molecule has 0 fully saturated rings. The van der Waals surface area contributed by atoms with Gasteiger partial charge in [0.2, 0.25) is 0 Å². The molecule has 1 aromatic heterocycles. The Morgan fingerprint density at radius 2 is 1.67 bits per heavy atom. The van der Waals surface area contributed by atoms with Crippen molar-refractivity contribution in [2.24, 2.45) is 4.99 Å². The SMILES string of the molecule is CN=C(NCc1ccc(C)cc1)NCc1ccc(C)s1.I. The number of guanidine groups is 1. The second-order valence-corrected chi connectivity index (χ2v) is 6.15. The van der Waals surface area contributed by atoms with Crippen LogP contribution >= 0.6 is 35.3 Å². The van der Waals surface area contributed by atoms with Crippen LogP contribution in [0.4, 0.5) is 0 Å². The second-order valence-electron chi connectivity index (χ2n) is 4.78. The first-order valence-corrected chi connectivity index (χ1v) is 7.54. The fraction of sp³-hybridized carbons (Fsp3) is 0.312. The van der Waals surface area contributed by atoms with Gasteiger partial charge in [0.15, 0.2) is 5.96 Å². The molecule has 0 radical (unpaired) electrons. The Morgan fingerprint density at radius 3 is 2.24 bits per heavy atom. The molecule has 0 saturated carbocycles. The van der Waals surface area contributed by atoms with Gasteiger partial charge in [-0.25, -0.2) is 0 Å². The number of halogens is 1. The van der Waals surface area contributed by atoms with Crippen LogP contribution in [0.2, 0.25) is 0 Å². The van der Waals surface area contributed by atoms with Gasteiger partial charge in [-0.3, -0.25) is 4.99 Å². The van der Waals surface area contributed by atoms with Crippen molar-refractivity contribution in [3.8, 4) is 0 Å². The van der Waals surface area contributed by atoms with E-state index in [0.717, 1.165) is 19.0 Å². The van der Waals surface area contributed by atoms with Crippen LogP contribution in [0.25, 0.3) is 0 Å². The van der Waals surface area contributed by atoms with Crippen LogP contribution in [0.15, 0.2) is 41.4 Å². The first-order valence-electron chi connectivity index (χ1n) is 6.73. The highest BCUT2D eigenvalue weighted by Gasteiger charge is 2.00.